The van der Waals surface area contributed by atoms with Crippen LogP contribution in [0.2, 0.25) is 0 Å². The quantitative estimate of drug-likeness (QED) is 0.0345. The van der Waals surface area contributed by atoms with Gasteiger partial charge in [0.15, 0.2) is 6.10 Å². The van der Waals surface area contributed by atoms with E-state index in [1.807, 2.05) is 0 Å². The van der Waals surface area contributed by atoms with E-state index in [1.54, 1.807) is 0 Å². The molecule has 0 aromatic heterocycles. The molecule has 0 N–H and O–H groups in total. The molecule has 0 spiro atoms. The van der Waals surface area contributed by atoms with E-state index < -0.39 is 6.10 Å². The Bertz CT molecular complexity index is 1340. The van der Waals surface area contributed by atoms with Crippen LogP contribution in [0.4, 0.5) is 0 Å². The molecule has 0 rings (SSSR count). The monoisotopic (exact) mass is 943 g/mol. The van der Waals surface area contributed by atoms with Crippen molar-refractivity contribution in [3.63, 3.8) is 0 Å². The number of hydrogen-bond acceptors (Lipinski definition) is 5. The summed E-state index contributed by atoms with van der Waals surface area (Å²) >= 11 is 0. The zero-order valence-corrected chi connectivity index (χ0v) is 44.6. The van der Waals surface area contributed by atoms with Crippen molar-refractivity contribution in [1.29, 1.82) is 0 Å². The highest BCUT2D eigenvalue weighted by Crippen LogP contribution is 2.14. The second-order valence-electron chi connectivity index (χ2n) is 18.4. The van der Waals surface area contributed by atoms with Crippen molar-refractivity contribution in [2.45, 2.75) is 258 Å². The van der Waals surface area contributed by atoms with Crippen molar-refractivity contribution in [2.75, 3.05) is 19.8 Å². The number of allylic oxidation sites excluding steroid dienone is 18. The lowest BCUT2D eigenvalue weighted by atomic mass is 10.1. The topological polar surface area (TPSA) is 61.8 Å². The van der Waals surface area contributed by atoms with Crippen LogP contribution in [0.15, 0.2) is 109 Å². The zero-order valence-electron chi connectivity index (χ0n) is 44.6. The number of carbonyl (C=O) groups is 2. The molecular formula is C63H106O5. The van der Waals surface area contributed by atoms with Crippen molar-refractivity contribution in [2.24, 2.45) is 0 Å². The van der Waals surface area contributed by atoms with Gasteiger partial charge in [0.05, 0.1) is 6.61 Å². The Hall–Kier alpha value is -3.44. The molecule has 0 amide bonds. The van der Waals surface area contributed by atoms with Gasteiger partial charge in [0, 0.05) is 19.4 Å². The van der Waals surface area contributed by atoms with Gasteiger partial charge in [-0.25, -0.2) is 0 Å². The summed E-state index contributed by atoms with van der Waals surface area (Å²) in [6, 6.07) is 0. The van der Waals surface area contributed by atoms with Gasteiger partial charge < -0.3 is 14.2 Å². The normalized spacial score (nSPS) is 13.0. The average Bonchev–Trinajstić information content (AvgIpc) is 3.34. The maximum absolute atomic E-state index is 12.8. The van der Waals surface area contributed by atoms with E-state index in [-0.39, 0.29) is 25.2 Å². The highest BCUT2D eigenvalue weighted by atomic mass is 16.6. The predicted octanol–water partition coefficient (Wildman–Crippen LogP) is 19.6. The summed E-state index contributed by atoms with van der Waals surface area (Å²) in [5.41, 5.74) is 0. The van der Waals surface area contributed by atoms with E-state index in [0.717, 1.165) is 116 Å². The third-order valence-electron chi connectivity index (χ3n) is 11.8. The van der Waals surface area contributed by atoms with Crippen LogP contribution in [0.5, 0.6) is 0 Å². The number of unbranched alkanes of at least 4 members (excludes halogenated alkanes) is 22. The lowest BCUT2D eigenvalue weighted by Crippen LogP contribution is -2.30. The van der Waals surface area contributed by atoms with Gasteiger partial charge in [-0.3, -0.25) is 9.59 Å². The molecule has 5 nitrogen and oxygen atoms in total. The second-order valence-corrected chi connectivity index (χ2v) is 18.4. The molecule has 388 valence electrons. The Morgan fingerprint density at radius 1 is 0.338 bits per heavy atom. The van der Waals surface area contributed by atoms with Gasteiger partial charge in [0.1, 0.15) is 6.61 Å². The first kappa shape index (κ1) is 64.6. The summed E-state index contributed by atoms with van der Waals surface area (Å²) in [7, 11) is 0. The predicted molar refractivity (Wildman–Crippen MR) is 297 cm³/mol. The molecule has 0 aliphatic carbocycles. The molecule has 0 bridgehead atoms. The second kappa shape index (κ2) is 57.9. The van der Waals surface area contributed by atoms with Gasteiger partial charge in [-0.2, -0.15) is 0 Å². The van der Waals surface area contributed by atoms with Gasteiger partial charge in [-0.1, -0.05) is 226 Å². The number of rotatable bonds is 51. The van der Waals surface area contributed by atoms with Crippen molar-refractivity contribution < 1.29 is 23.8 Å². The van der Waals surface area contributed by atoms with Crippen molar-refractivity contribution in [3.8, 4) is 0 Å². The first-order chi connectivity index (χ1) is 33.6. The molecule has 0 saturated carbocycles. The van der Waals surface area contributed by atoms with Gasteiger partial charge in [0.2, 0.25) is 0 Å². The Kier molecular flexibility index (Phi) is 54.9. The number of hydrogen-bond donors (Lipinski definition) is 0. The maximum atomic E-state index is 12.8. The summed E-state index contributed by atoms with van der Waals surface area (Å²) in [4.78, 5) is 25.5. The third-order valence-corrected chi connectivity index (χ3v) is 11.8. The molecule has 68 heavy (non-hydrogen) atoms. The molecule has 0 heterocycles. The van der Waals surface area contributed by atoms with Gasteiger partial charge in [-0.15, -0.1) is 0 Å². The lowest BCUT2D eigenvalue weighted by molar-refractivity contribution is -0.163. The van der Waals surface area contributed by atoms with Crippen LogP contribution < -0.4 is 0 Å². The fourth-order valence-corrected chi connectivity index (χ4v) is 7.60. The van der Waals surface area contributed by atoms with Crippen molar-refractivity contribution in [1.82, 2.24) is 0 Å². The molecule has 0 aromatic carbocycles. The molecule has 0 aromatic rings. The zero-order chi connectivity index (χ0) is 49.2. The average molecular weight is 944 g/mol. The minimum atomic E-state index is -0.573. The highest BCUT2D eigenvalue weighted by molar-refractivity contribution is 5.70. The van der Waals surface area contributed by atoms with E-state index in [2.05, 4.69) is 130 Å². The third kappa shape index (κ3) is 55.2. The summed E-state index contributed by atoms with van der Waals surface area (Å²) in [6.07, 6.45) is 79.7. The van der Waals surface area contributed by atoms with Crippen LogP contribution in [0, 0.1) is 0 Å². The fourth-order valence-electron chi connectivity index (χ4n) is 7.60. The van der Waals surface area contributed by atoms with E-state index in [1.165, 1.54) is 103 Å². The minimum absolute atomic E-state index is 0.0503. The first-order valence-corrected chi connectivity index (χ1v) is 28.4. The van der Waals surface area contributed by atoms with Gasteiger partial charge in [0.25, 0.3) is 0 Å². The molecule has 0 fully saturated rings. The summed E-state index contributed by atoms with van der Waals surface area (Å²) < 4.78 is 17.4. The van der Waals surface area contributed by atoms with Crippen LogP contribution >= 0.6 is 0 Å². The van der Waals surface area contributed by atoms with E-state index in [4.69, 9.17) is 14.2 Å². The standard InChI is InChI=1S/C63H106O5/c1-4-7-10-13-16-19-22-25-27-29-31-33-35-37-40-43-46-49-52-55-58-66-59-61(68-63(65)57-54-51-48-45-42-38-24-21-18-15-12-9-6-3)60-67-62(64)56-53-50-47-44-41-39-36-34-32-30-28-26-23-20-17-14-11-8-5-2/h8-9,11-12,17-18,20-21,25-28,32,34,38-39,41-42,61H,4-7,10,13-16,19,22-24,29-31,33,35-37,40,43-60H2,1-3H3/b11-8-,12-9-,20-17-,21-18-,27-25-,28-26-,34-32-,41-39-,42-38-. The van der Waals surface area contributed by atoms with Gasteiger partial charge in [-0.05, 0) is 122 Å². The molecule has 0 radical (unpaired) electrons. The molecule has 0 aliphatic heterocycles. The maximum Gasteiger partial charge on any atom is 0.306 e. The summed E-state index contributed by atoms with van der Waals surface area (Å²) in [6.45, 7) is 7.53. The van der Waals surface area contributed by atoms with Crippen LogP contribution in [0.3, 0.4) is 0 Å². The van der Waals surface area contributed by atoms with E-state index in [0.29, 0.717) is 19.4 Å². The Morgan fingerprint density at radius 3 is 1.07 bits per heavy atom. The SMILES string of the molecule is CC/C=C\C/C=C\C/C=C\C/C=C\C/C=C\CCCCCC(=O)OCC(COCCCCCCCCCCCC/C=C\CCCCCCCC)OC(=O)CCCCC/C=C\C/C=C\C/C=C\CC. The largest absolute Gasteiger partial charge is 0.462 e. The Morgan fingerprint density at radius 2 is 0.662 bits per heavy atom. The number of esters is 2. The summed E-state index contributed by atoms with van der Waals surface area (Å²) in [5, 5.41) is 0. The molecular weight excluding hydrogens is 837 g/mol. The van der Waals surface area contributed by atoms with Crippen molar-refractivity contribution in [3.05, 3.63) is 109 Å². The van der Waals surface area contributed by atoms with E-state index >= 15 is 0 Å². The lowest BCUT2D eigenvalue weighted by Gasteiger charge is -2.18. The smallest absolute Gasteiger partial charge is 0.306 e. The van der Waals surface area contributed by atoms with Crippen LogP contribution in [-0.4, -0.2) is 37.9 Å². The molecule has 5 heteroatoms. The van der Waals surface area contributed by atoms with E-state index in [9.17, 15) is 9.59 Å². The minimum Gasteiger partial charge on any atom is -0.462 e. The van der Waals surface area contributed by atoms with Crippen LogP contribution in [-0.2, 0) is 23.8 Å². The van der Waals surface area contributed by atoms with Crippen molar-refractivity contribution >= 4 is 11.9 Å². The molecule has 1 atom stereocenters. The molecule has 0 aliphatic rings. The van der Waals surface area contributed by atoms with Gasteiger partial charge >= 0.3 is 11.9 Å². The number of ether oxygens (including phenoxy) is 3. The Balaban J connectivity index is 4.34. The molecule has 1 unspecified atom stereocenters. The highest BCUT2D eigenvalue weighted by Gasteiger charge is 2.17. The Labute approximate surface area is 421 Å². The van der Waals surface area contributed by atoms with Crippen LogP contribution in [0.1, 0.15) is 252 Å². The molecule has 0 saturated heterocycles. The fraction of sp³-hybridized carbons (Fsp3) is 0.683. The summed E-state index contributed by atoms with van der Waals surface area (Å²) in [5.74, 6) is -0.470. The van der Waals surface area contributed by atoms with Crippen LogP contribution in [0.25, 0.3) is 0 Å². The number of carbonyl (C=O) groups excluding carboxylic acids is 2. The first-order valence-electron chi connectivity index (χ1n) is 28.4.